The van der Waals surface area contributed by atoms with E-state index in [-0.39, 0.29) is 6.42 Å². The van der Waals surface area contributed by atoms with Gasteiger partial charge in [0.1, 0.15) is 24.0 Å². The molecule has 3 rings (SSSR count). The average molecular weight is 397 g/mol. The summed E-state index contributed by atoms with van der Waals surface area (Å²) in [5.41, 5.74) is 4.33. The zero-order chi connectivity index (χ0) is 21.0. The lowest BCUT2D eigenvalue weighted by atomic mass is 9.90. The van der Waals surface area contributed by atoms with Gasteiger partial charge in [0.05, 0.1) is 31.5 Å². The van der Waals surface area contributed by atoms with Gasteiger partial charge in [-0.05, 0) is 41.2 Å². The number of hydrogen-bond acceptors (Lipinski definition) is 6. The van der Waals surface area contributed by atoms with Crippen molar-refractivity contribution in [1.29, 1.82) is 5.26 Å². The van der Waals surface area contributed by atoms with E-state index in [1.165, 1.54) is 12.7 Å². The fraction of sp³-hybridized carbons (Fsp3) is 0.435. The Morgan fingerprint density at radius 2 is 1.86 bits per heavy atom. The van der Waals surface area contributed by atoms with E-state index in [2.05, 4.69) is 37.3 Å². The molecule has 1 heterocycles. The first-order valence-electron chi connectivity index (χ1n) is 9.81. The maximum absolute atomic E-state index is 10.2. The first kappa shape index (κ1) is 21.3. The molecule has 29 heavy (non-hydrogen) atoms. The smallest absolute Gasteiger partial charge is 0.137 e. The lowest BCUT2D eigenvalue weighted by Gasteiger charge is -2.36. The van der Waals surface area contributed by atoms with Crippen LogP contribution in [0.15, 0.2) is 36.4 Å². The van der Waals surface area contributed by atoms with Gasteiger partial charge in [0.25, 0.3) is 0 Å². The van der Waals surface area contributed by atoms with Crippen molar-refractivity contribution in [2.24, 2.45) is 0 Å². The maximum Gasteiger partial charge on any atom is 0.137 e. The normalized spacial score (nSPS) is 24.1. The minimum absolute atomic E-state index is 0.192. The lowest BCUT2D eigenvalue weighted by molar-refractivity contribution is -0.181. The Kier molecular flexibility index (Phi) is 6.88. The molecule has 1 aliphatic heterocycles. The molecule has 6 heteroatoms. The second-order valence-corrected chi connectivity index (χ2v) is 7.36. The fourth-order valence-electron chi connectivity index (χ4n) is 3.74. The monoisotopic (exact) mass is 397 g/mol. The number of aliphatic hydroxyl groups is 3. The van der Waals surface area contributed by atoms with Crippen molar-refractivity contribution in [2.75, 3.05) is 13.7 Å². The van der Waals surface area contributed by atoms with Gasteiger partial charge in [0.15, 0.2) is 0 Å². The number of rotatable bonds is 6. The molecule has 1 aliphatic rings. The van der Waals surface area contributed by atoms with Gasteiger partial charge in [-0.25, -0.2) is 0 Å². The van der Waals surface area contributed by atoms with Crippen LogP contribution in [0.25, 0.3) is 0 Å². The molecule has 1 saturated heterocycles. The Bertz CT molecular complexity index is 874. The molecule has 2 aromatic rings. The Balaban J connectivity index is 1.96. The molecule has 6 nitrogen and oxygen atoms in total. The predicted molar refractivity (Wildman–Crippen MR) is 108 cm³/mol. The van der Waals surface area contributed by atoms with Crippen LogP contribution in [0.5, 0.6) is 5.75 Å². The number of aliphatic hydroxyl groups excluding tert-OH is 3. The first-order valence-corrected chi connectivity index (χ1v) is 9.81. The van der Waals surface area contributed by atoms with Gasteiger partial charge in [-0.1, -0.05) is 37.3 Å². The van der Waals surface area contributed by atoms with Crippen LogP contribution in [-0.2, 0) is 17.6 Å². The molecule has 0 aromatic heterocycles. The van der Waals surface area contributed by atoms with Crippen molar-refractivity contribution >= 4 is 0 Å². The van der Waals surface area contributed by atoms with E-state index in [9.17, 15) is 20.6 Å². The van der Waals surface area contributed by atoms with E-state index in [0.717, 1.165) is 23.1 Å². The Hall–Kier alpha value is -2.43. The van der Waals surface area contributed by atoms with E-state index in [1.807, 2.05) is 6.07 Å². The van der Waals surface area contributed by atoms with Crippen LogP contribution in [0.4, 0.5) is 0 Å². The van der Waals surface area contributed by atoms with Crippen molar-refractivity contribution in [3.8, 4) is 11.8 Å². The van der Waals surface area contributed by atoms with Gasteiger partial charge in [-0.15, -0.1) is 0 Å². The predicted octanol–water partition coefficient (Wildman–Crippen LogP) is 2.26. The summed E-state index contributed by atoms with van der Waals surface area (Å²) in [6.07, 6.45) is -1.81. The van der Waals surface area contributed by atoms with Crippen molar-refractivity contribution in [2.45, 2.75) is 50.6 Å². The van der Waals surface area contributed by atoms with Crippen LogP contribution >= 0.6 is 0 Å². The topological polar surface area (TPSA) is 103 Å². The van der Waals surface area contributed by atoms with Crippen LogP contribution in [-0.4, -0.2) is 47.3 Å². The largest absolute Gasteiger partial charge is 0.495 e. The summed E-state index contributed by atoms with van der Waals surface area (Å²) < 4.78 is 11.3. The van der Waals surface area contributed by atoms with Crippen molar-refractivity contribution < 1.29 is 24.8 Å². The summed E-state index contributed by atoms with van der Waals surface area (Å²) in [6.45, 7) is 1.71. The molecular formula is C23H27NO5. The van der Waals surface area contributed by atoms with Crippen LogP contribution in [0.1, 0.15) is 47.3 Å². The van der Waals surface area contributed by atoms with Crippen molar-refractivity contribution in [1.82, 2.24) is 0 Å². The van der Waals surface area contributed by atoms with Crippen molar-refractivity contribution in [3.05, 3.63) is 64.2 Å². The van der Waals surface area contributed by atoms with E-state index in [0.29, 0.717) is 17.7 Å². The highest BCUT2D eigenvalue weighted by molar-refractivity contribution is 5.53. The molecule has 3 N–H and O–H groups in total. The molecule has 2 aromatic carbocycles. The summed E-state index contributed by atoms with van der Waals surface area (Å²) >= 11 is 0. The average Bonchev–Trinajstić information content (AvgIpc) is 2.75. The molecule has 0 amide bonds. The molecule has 0 bridgehead atoms. The second kappa shape index (κ2) is 9.38. The molecule has 0 saturated carbocycles. The Morgan fingerprint density at radius 1 is 1.17 bits per heavy atom. The Morgan fingerprint density at radius 3 is 2.45 bits per heavy atom. The highest BCUT2D eigenvalue weighted by atomic mass is 16.5. The summed E-state index contributed by atoms with van der Waals surface area (Å²) in [5.74, 6) is 0.440. The number of aryl methyl sites for hydroxylation is 1. The molecule has 4 atom stereocenters. The first-order chi connectivity index (χ1) is 14.0. The van der Waals surface area contributed by atoms with E-state index in [4.69, 9.17) is 9.47 Å². The number of hydrogen-bond donors (Lipinski definition) is 3. The molecule has 0 aliphatic carbocycles. The maximum atomic E-state index is 10.2. The lowest BCUT2D eigenvalue weighted by Crippen LogP contribution is -2.47. The molecule has 154 valence electrons. The Labute approximate surface area is 170 Å². The van der Waals surface area contributed by atoms with Gasteiger partial charge >= 0.3 is 0 Å². The molecule has 0 unspecified atom stereocenters. The van der Waals surface area contributed by atoms with E-state index in [1.54, 1.807) is 6.07 Å². The molecular weight excluding hydrogens is 370 g/mol. The number of benzene rings is 2. The third kappa shape index (κ3) is 4.60. The van der Waals surface area contributed by atoms with Crippen LogP contribution in [0.3, 0.4) is 0 Å². The summed E-state index contributed by atoms with van der Waals surface area (Å²) in [7, 11) is 1.51. The highest BCUT2D eigenvalue weighted by Crippen LogP contribution is 2.36. The minimum Gasteiger partial charge on any atom is -0.495 e. The van der Waals surface area contributed by atoms with Gasteiger partial charge in [0, 0.05) is 6.42 Å². The second-order valence-electron chi connectivity index (χ2n) is 7.36. The minimum atomic E-state index is -1.13. The molecule has 1 fully saturated rings. The summed E-state index contributed by atoms with van der Waals surface area (Å²) in [4.78, 5) is 0. The number of nitrogens with zero attached hydrogens (tertiary/aromatic N) is 1. The van der Waals surface area contributed by atoms with E-state index >= 15 is 0 Å². The zero-order valence-corrected chi connectivity index (χ0v) is 16.7. The molecule has 0 radical (unpaired) electrons. The van der Waals surface area contributed by atoms with Crippen molar-refractivity contribution in [3.63, 3.8) is 0 Å². The van der Waals surface area contributed by atoms with Crippen LogP contribution in [0, 0.1) is 11.3 Å². The van der Waals surface area contributed by atoms with Gasteiger partial charge < -0.3 is 24.8 Å². The third-order valence-electron chi connectivity index (χ3n) is 5.49. The SMILES string of the molecule is CCc1ccc(Cc2cc([C@H]3C[C@@H](O)[C@H](O)[C@@H](CO)O3)cc(OC)c2C#N)cc1. The summed E-state index contributed by atoms with van der Waals surface area (Å²) in [6, 6.07) is 14.1. The highest BCUT2D eigenvalue weighted by Gasteiger charge is 2.37. The third-order valence-corrected chi connectivity index (χ3v) is 5.49. The standard InChI is InChI=1S/C23H27NO5/c1-3-14-4-6-15(7-5-14)8-16-9-17(10-21(28-2)18(16)12-24)20-11-19(26)23(27)22(13-25)29-20/h4-7,9-10,19-20,22-23,25-27H,3,8,11,13H2,1-2H3/t19-,20-,22-,23+/m1/s1. The number of nitriles is 1. The fourth-order valence-corrected chi connectivity index (χ4v) is 3.74. The van der Waals surface area contributed by atoms with Gasteiger partial charge in [-0.3, -0.25) is 0 Å². The quantitative estimate of drug-likeness (QED) is 0.691. The number of ether oxygens (including phenoxy) is 2. The van der Waals surface area contributed by atoms with Gasteiger partial charge in [-0.2, -0.15) is 5.26 Å². The summed E-state index contributed by atoms with van der Waals surface area (Å²) in [5, 5.41) is 39.3. The van der Waals surface area contributed by atoms with Gasteiger partial charge in [0.2, 0.25) is 0 Å². The zero-order valence-electron chi connectivity index (χ0n) is 16.7. The van der Waals surface area contributed by atoms with Crippen LogP contribution in [0.2, 0.25) is 0 Å². The molecule has 0 spiro atoms. The van der Waals surface area contributed by atoms with E-state index < -0.39 is 31.0 Å². The number of methoxy groups -OCH3 is 1. The van der Waals surface area contributed by atoms with Crippen LogP contribution < -0.4 is 4.74 Å².